The molecule has 0 spiro atoms. The van der Waals surface area contributed by atoms with Crippen molar-refractivity contribution in [1.82, 2.24) is 0 Å². The van der Waals surface area contributed by atoms with Crippen LogP contribution in [0.4, 0.5) is 11.4 Å². The molecular formula is C12H10BrNO3. The van der Waals surface area contributed by atoms with Crippen molar-refractivity contribution in [3.8, 4) is 5.75 Å². The molecule has 0 radical (unpaired) electrons. The Morgan fingerprint density at radius 2 is 2.06 bits per heavy atom. The van der Waals surface area contributed by atoms with Crippen LogP contribution in [0, 0.1) is 0 Å². The minimum atomic E-state index is -0.565. The summed E-state index contributed by atoms with van der Waals surface area (Å²) in [5, 5.41) is 2.89. The first kappa shape index (κ1) is 11.9. The number of anilines is 2. The van der Waals surface area contributed by atoms with E-state index in [9.17, 15) is 9.59 Å². The van der Waals surface area contributed by atoms with E-state index in [0.717, 1.165) is 10.2 Å². The van der Waals surface area contributed by atoms with Gasteiger partial charge in [0.25, 0.3) is 10.9 Å². The number of rotatable bonds is 4. The second-order valence-electron chi connectivity index (χ2n) is 3.43. The average Bonchev–Trinajstić information content (AvgIpc) is 2.33. The Hall–Kier alpha value is -1.62. The highest BCUT2D eigenvalue weighted by Crippen LogP contribution is 2.24. The van der Waals surface area contributed by atoms with Crippen molar-refractivity contribution in [3.63, 3.8) is 0 Å². The fraction of sp³-hybridized carbons (Fsp3) is 0.167. The molecule has 0 unspecified atom stereocenters. The highest BCUT2D eigenvalue weighted by Gasteiger charge is 2.22. The van der Waals surface area contributed by atoms with Gasteiger partial charge in [-0.2, -0.15) is 0 Å². The van der Waals surface area contributed by atoms with Gasteiger partial charge in [-0.15, -0.1) is 0 Å². The number of nitrogens with one attached hydrogen (secondary N) is 1. The predicted octanol–water partition coefficient (Wildman–Crippen LogP) is 2.19. The molecule has 0 aliphatic carbocycles. The Morgan fingerprint density at radius 3 is 2.71 bits per heavy atom. The maximum absolute atomic E-state index is 11.4. The van der Waals surface area contributed by atoms with Gasteiger partial charge in [-0.3, -0.25) is 9.59 Å². The van der Waals surface area contributed by atoms with Crippen LogP contribution >= 0.6 is 15.9 Å². The zero-order valence-corrected chi connectivity index (χ0v) is 10.7. The Morgan fingerprint density at radius 1 is 1.29 bits per heavy atom. The molecule has 0 amide bonds. The number of hydrogen-bond donors (Lipinski definition) is 1. The van der Waals surface area contributed by atoms with Crippen molar-refractivity contribution in [2.75, 3.05) is 11.9 Å². The van der Waals surface area contributed by atoms with E-state index >= 15 is 0 Å². The molecule has 1 N–H and O–H groups in total. The maximum atomic E-state index is 11.4. The molecule has 2 aromatic rings. The van der Waals surface area contributed by atoms with Crippen LogP contribution in [0.1, 0.15) is 6.92 Å². The van der Waals surface area contributed by atoms with Crippen LogP contribution in [0.2, 0.25) is 0 Å². The minimum absolute atomic E-state index is 0.123. The average molecular weight is 296 g/mol. The van der Waals surface area contributed by atoms with E-state index in [1.54, 1.807) is 13.0 Å². The van der Waals surface area contributed by atoms with Crippen LogP contribution in [0.3, 0.4) is 0 Å². The fourth-order valence-corrected chi connectivity index (χ4v) is 1.88. The lowest BCUT2D eigenvalue weighted by Gasteiger charge is -2.13. The number of ether oxygens (including phenoxy) is 1. The van der Waals surface area contributed by atoms with Gasteiger partial charge in [0.2, 0.25) is 0 Å². The van der Waals surface area contributed by atoms with Crippen molar-refractivity contribution in [3.05, 3.63) is 49.2 Å². The van der Waals surface area contributed by atoms with Crippen LogP contribution < -0.4 is 20.9 Å². The van der Waals surface area contributed by atoms with Crippen molar-refractivity contribution in [2.45, 2.75) is 6.92 Å². The van der Waals surface area contributed by atoms with Crippen LogP contribution in [0.25, 0.3) is 0 Å². The van der Waals surface area contributed by atoms with Gasteiger partial charge in [0.05, 0.1) is 6.61 Å². The highest BCUT2D eigenvalue weighted by atomic mass is 79.9. The molecule has 0 aliphatic heterocycles. The van der Waals surface area contributed by atoms with Gasteiger partial charge in [-0.05, 0) is 25.1 Å². The van der Waals surface area contributed by atoms with Gasteiger partial charge in [-0.25, -0.2) is 0 Å². The summed E-state index contributed by atoms with van der Waals surface area (Å²) >= 11 is 3.33. The summed E-state index contributed by atoms with van der Waals surface area (Å²) in [6.45, 7) is 2.12. The SMILES string of the molecule is CCOc1c(Nc2cccc(Br)c2)c(=O)c1=O. The first-order chi connectivity index (χ1) is 8.13. The van der Waals surface area contributed by atoms with E-state index in [1.165, 1.54) is 0 Å². The molecular weight excluding hydrogens is 286 g/mol. The molecule has 2 aromatic carbocycles. The van der Waals surface area contributed by atoms with Crippen LogP contribution in [0.15, 0.2) is 38.3 Å². The third-order valence-corrected chi connectivity index (χ3v) is 2.74. The molecule has 2 rings (SSSR count). The van der Waals surface area contributed by atoms with Gasteiger partial charge in [0.1, 0.15) is 5.69 Å². The third-order valence-electron chi connectivity index (χ3n) is 2.25. The van der Waals surface area contributed by atoms with Crippen LogP contribution in [-0.2, 0) is 0 Å². The lowest BCUT2D eigenvalue weighted by Crippen LogP contribution is -2.35. The quantitative estimate of drug-likeness (QED) is 0.879. The molecule has 4 nitrogen and oxygen atoms in total. The standard InChI is InChI=1S/C12H10BrNO3/c1-2-17-12-9(10(15)11(12)16)14-8-5-3-4-7(13)6-8/h3-6,14H,2H2,1H3. The molecule has 0 bridgehead atoms. The predicted molar refractivity (Wildman–Crippen MR) is 69.9 cm³/mol. The summed E-state index contributed by atoms with van der Waals surface area (Å²) in [6.07, 6.45) is 0. The summed E-state index contributed by atoms with van der Waals surface area (Å²) in [5.41, 5.74) is -0.139. The highest BCUT2D eigenvalue weighted by molar-refractivity contribution is 9.10. The van der Waals surface area contributed by atoms with Crippen LogP contribution in [-0.4, -0.2) is 6.61 Å². The van der Waals surface area contributed by atoms with Gasteiger partial charge >= 0.3 is 0 Å². The molecule has 0 aromatic heterocycles. The molecule has 0 aliphatic rings. The maximum Gasteiger partial charge on any atom is 0.272 e. The zero-order valence-electron chi connectivity index (χ0n) is 9.12. The Labute approximate surface area is 106 Å². The molecule has 0 fully saturated rings. The minimum Gasteiger partial charge on any atom is -0.488 e. The smallest absolute Gasteiger partial charge is 0.272 e. The lowest BCUT2D eigenvalue weighted by atomic mass is 10.2. The first-order valence-corrected chi connectivity index (χ1v) is 5.91. The first-order valence-electron chi connectivity index (χ1n) is 5.12. The molecule has 5 heteroatoms. The molecule has 0 saturated heterocycles. The molecule has 17 heavy (non-hydrogen) atoms. The van der Waals surface area contributed by atoms with Gasteiger partial charge in [0.15, 0.2) is 5.75 Å². The topological polar surface area (TPSA) is 55.4 Å². The summed E-state index contributed by atoms with van der Waals surface area (Å²) < 4.78 is 6.00. The molecule has 0 heterocycles. The Kier molecular flexibility index (Phi) is 3.28. The van der Waals surface area contributed by atoms with E-state index in [-0.39, 0.29) is 11.4 Å². The number of hydrogen-bond acceptors (Lipinski definition) is 4. The summed E-state index contributed by atoms with van der Waals surface area (Å²) in [4.78, 5) is 22.6. The number of halogens is 1. The van der Waals surface area contributed by atoms with Crippen molar-refractivity contribution in [1.29, 1.82) is 0 Å². The summed E-state index contributed by atoms with van der Waals surface area (Å²) in [5.74, 6) is 0.123. The fourth-order valence-electron chi connectivity index (χ4n) is 1.48. The van der Waals surface area contributed by atoms with E-state index in [0.29, 0.717) is 6.61 Å². The van der Waals surface area contributed by atoms with E-state index in [1.807, 2.05) is 18.2 Å². The van der Waals surface area contributed by atoms with Crippen molar-refractivity contribution in [2.24, 2.45) is 0 Å². The Balaban J connectivity index is 2.28. The largest absolute Gasteiger partial charge is 0.488 e. The van der Waals surface area contributed by atoms with Gasteiger partial charge in [-0.1, -0.05) is 22.0 Å². The zero-order chi connectivity index (χ0) is 12.4. The van der Waals surface area contributed by atoms with E-state index in [2.05, 4.69) is 21.2 Å². The van der Waals surface area contributed by atoms with E-state index < -0.39 is 10.9 Å². The van der Waals surface area contributed by atoms with Gasteiger partial charge < -0.3 is 10.1 Å². The Bertz CT molecular complexity index is 614. The normalized spacial score (nSPS) is 10.5. The van der Waals surface area contributed by atoms with Crippen LogP contribution in [0.5, 0.6) is 5.75 Å². The number of benzene rings is 1. The second-order valence-corrected chi connectivity index (χ2v) is 4.35. The molecule has 0 atom stereocenters. The molecule has 0 saturated carbocycles. The summed E-state index contributed by atoms with van der Waals surface area (Å²) in [7, 11) is 0. The van der Waals surface area contributed by atoms with Crippen molar-refractivity contribution >= 4 is 27.3 Å². The molecule has 88 valence electrons. The van der Waals surface area contributed by atoms with Gasteiger partial charge in [0, 0.05) is 10.2 Å². The lowest BCUT2D eigenvalue weighted by molar-refractivity contribution is 0.335. The van der Waals surface area contributed by atoms with Crippen molar-refractivity contribution < 1.29 is 4.74 Å². The third kappa shape index (κ3) is 2.24. The summed E-state index contributed by atoms with van der Waals surface area (Å²) in [6, 6.07) is 7.32. The van der Waals surface area contributed by atoms with E-state index in [4.69, 9.17) is 4.74 Å². The monoisotopic (exact) mass is 295 g/mol. The second kappa shape index (κ2) is 4.71.